The summed E-state index contributed by atoms with van der Waals surface area (Å²) in [5, 5.41) is 0. The van der Waals surface area contributed by atoms with Crippen molar-refractivity contribution in [3.05, 3.63) is 56.9 Å². The molecule has 0 saturated carbocycles. The summed E-state index contributed by atoms with van der Waals surface area (Å²) in [4.78, 5) is 11.3. The topological polar surface area (TPSA) is 61.5 Å². The molecule has 22 heavy (non-hydrogen) atoms. The quantitative estimate of drug-likeness (QED) is 0.735. The molecule has 0 radical (unpaired) electrons. The normalized spacial score (nSPS) is 10.3. The van der Waals surface area contributed by atoms with E-state index in [1.807, 2.05) is 29.5 Å². The first-order chi connectivity index (χ1) is 10.5. The van der Waals surface area contributed by atoms with E-state index in [0.717, 1.165) is 0 Å². The van der Waals surface area contributed by atoms with Gasteiger partial charge in [-0.1, -0.05) is 12.1 Å². The second-order valence-corrected chi connectivity index (χ2v) is 5.66. The number of halogens is 2. The van der Waals surface area contributed by atoms with E-state index in [0.29, 0.717) is 32.8 Å². The number of hydrogen-bond acceptors (Lipinski definition) is 3. The van der Waals surface area contributed by atoms with Gasteiger partial charge in [0.2, 0.25) is 5.91 Å². The van der Waals surface area contributed by atoms with Crippen molar-refractivity contribution in [3.8, 4) is 11.5 Å². The first kappa shape index (κ1) is 16.5. The molecule has 0 bridgehead atoms. The van der Waals surface area contributed by atoms with Gasteiger partial charge >= 0.3 is 0 Å². The summed E-state index contributed by atoms with van der Waals surface area (Å²) in [6.07, 6.45) is 0. The fourth-order valence-corrected chi connectivity index (χ4v) is 2.65. The predicted octanol–water partition coefficient (Wildman–Crippen LogP) is 3.51. The highest BCUT2D eigenvalue weighted by molar-refractivity contribution is 14.1. The van der Waals surface area contributed by atoms with E-state index in [2.05, 4.69) is 0 Å². The van der Waals surface area contributed by atoms with Crippen LogP contribution in [0.1, 0.15) is 22.8 Å². The summed E-state index contributed by atoms with van der Waals surface area (Å²) in [7, 11) is 0. The number of benzene rings is 2. The summed E-state index contributed by atoms with van der Waals surface area (Å²) in [5.74, 6) is 0.108. The Kier molecular flexibility index (Phi) is 5.59. The van der Waals surface area contributed by atoms with E-state index in [1.54, 1.807) is 24.3 Å². The highest BCUT2D eigenvalue weighted by Crippen LogP contribution is 2.34. The summed E-state index contributed by atoms with van der Waals surface area (Å²) in [5.41, 5.74) is 6.36. The molecule has 0 spiro atoms. The van der Waals surface area contributed by atoms with Gasteiger partial charge in [0.1, 0.15) is 12.4 Å². The van der Waals surface area contributed by atoms with Crippen molar-refractivity contribution in [1.29, 1.82) is 0 Å². The lowest BCUT2D eigenvalue weighted by Crippen LogP contribution is -2.12. The van der Waals surface area contributed by atoms with Gasteiger partial charge in [0.15, 0.2) is 11.5 Å². The smallest absolute Gasteiger partial charge is 0.248 e. The molecular formula is C16H15FINO3. The summed E-state index contributed by atoms with van der Waals surface area (Å²) in [6.45, 7) is 2.46. The Labute approximate surface area is 141 Å². The Morgan fingerprint density at radius 3 is 2.68 bits per heavy atom. The Hall–Kier alpha value is -1.83. The van der Waals surface area contributed by atoms with Gasteiger partial charge in [0.05, 0.1) is 10.2 Å². The van der Waals surface area contributed by atoms with Gasteiger partial charge in [0.25, 0.3) is 0 Å². The van der Waals surface area contributed by atoms with Crippen molar-refractivity contribution >= 4 is 28.5 Å². The Balaban J connectivity index is 2.27. The second kappa shape index (κ2) is 7.44. The summed E-state index contributed by atoms with van der Waals surface area (Å²) >= 11 is 2.05. The highest BCUT2D eigenvalue weighted by atomic mass is 127. The third kappa shape index (κ3) is 4.09. The molecule has 0 aliphatic rings. The number of rotatable bonds is 6. The zero-order valence-electron chi connectivity index (χ0n) is 11.9. The van der Waals surface area contributed by atoms with Gasteiger partial charge in [-0.3, -0.25) is 4.79 Å². The largest absolute Gasteiger partial charge is 0.490 e. The molecule has 2 aromatic carbocycles. The van der Waals surface area contributed by atoms with Gasteiger partial charge in [0, 0.05) is 5.56 Å². The summed E-state index contributed by atoms with van der Waals surface area (Å²) < 4.78 is 25.1. The van der Waals surface area contributed by atoms with E-state index in [4.69, 9.17) is 15.2 Å². The fourth-order valence-electron chi connectivity index (χ4n) is 1.90. The van der Waals surface area contributed by atoms with Crippen LogP contribution in [0.15, 0.2) is 36.4 Å². The van der Waals surface area contributed by atoms with Crippen LogP contribution in [0.2, 0.25) is 0 Å². The summed E-state index contributed by atoms with van der Waals surface area (Å²) in [6, 6.07) is 9.36. The third-order valence-electron chi connectivity index (χ3n) is 2.87. The molecule has 0 fully saturated rings. The van der Waals surface area contributed by atoms with Crippen LogP contribution in [-0.2, 0) is 6.61 Å². The second-order valence-electron chi connectivity index (χ2n) is 4.50. The first-order valence-electron chi connectivity index (χ1n) is 6.64. The number of primary amides is 1. The van der Waals surface area contributed by atoms with Gasteiger partial charge in [-0.2, -0.15) is 0 Å². The maximum atomic E-state index is 13.2. The molecule has 0 unspecified atom stereocenters. The third-order valence-corrected chi connectivity index (χ3v) is 3.67. The lowest BCUT2D eigenvalue weighted by atomic mass is 10.2. The Bertz CT molecular complexity index is 691. The number of hydrogen-bond donors (Lipinski definition) is 1. The first-order valence-corrected chi connectivity index (χ1v) is 7.72. The molecular weight excluding hydrogens is 400 g/mol. The minimum Gasteiger partial charge on any atom is -0.490 e. The van der Waals surface area contributed by atoms with Crippen LogP contribution in [0.25, 0.3) is 0 Å². The van der Waals surface area contributed by atoms with Gasteiger partial charge in [-0.15, -0.1) is 0 Å². The van der Waals surface area contributed by atoms with Crippen LogP contribution in [0.5, 0.6) is 11.5 Å². The number of amides is 1. The number of nitrogens with two attached hydrogens (primary N) is 1. The maximum absolute atomic E-state index is 13.2. The SMILES string of the molecule is CCOc1cc(C(N)=O)cc(I)c1OCc1cccc(F)c1. The molecule has 6 heteroatoms. The molecule has 4 nitrogen and oxygen atoms in total. The Morgan fingerprint density at radius 2 is 2.05 bits per heavy atom. The molecule has 2 N–H and O–H groups in total. The van der Waals surface area contributed by atoms with E-state index in [1.165, 1.54) is 12.1 Å². The fraction of sp³-hybridized carbons (Fsp3) is 0.188. The lowest BCUT2D eigenvalue weighted by molar-refractivity contribution is 0.0999. The van der Waals surface area contributed by atoms with Crippen LogP contribution in [-0.4, -0.2) is 12.5 Å². The van der Waals surface area contributed by atoms with E-state index >= 15 is 0 Å². The molecule has 0 aliphatic carbocycles. The van der Waals surface area contributed by atoms with Crippen LogP contribution >= 0.6 is 22.6 Å². The van der Waals surface area contributed by atoms with E-state index in [9.17, 15) is 9.18 Å². The van der Waals surface area contributed by atoms with E-state index < -0.39 is 5.91 Å². The maximum Gasteiger partial charge on any atom is 0.248 e. The predicted molar refractivity (Wildman–Crippen MR) is 89.6 cm³/mol. The zero-order valence-corrected chi connectivity index (χ0v) is 14.1. The van der Waals surface area contributed by atoms with Crippen molar-refractivity contribution in [1.82, 2.24) is 0 Å². The zero-order chi connectivity index (χ0) is 16.1. The van der Waals surface area contributed by atoms with Crippen LogP contribution in [0, 0.1) is 9.39 Å². The Morgan fingerprint density at radius 1 is 1.27 bits per heavy atom. The van der Waals surface area contributed by atoms with Crippen LogP contribution in [0.4, 0.5) is 4.39 Å². The van der Waals surface area contributed by atoms with Gasteiger partial charge in [-0.25, -0.2) is 4.39 Å². The molecule has 2 aromatic rings. The van der Waals surface area contributed by atoms with Crippen LogP contribution < -0.4 is 15.2 Å². The van der Waals surface area contributed by atoms with Crippen molar-refractivity contribution in [3.63, 3.8) is 0 Å². The highest BCUT2D eigenvalue weighted by Gasteiger charge is 2.14. The molecule has 0 heterocycles. The lowest BCUT2D eigenvalue weighted by Gasteiger charge is -2.15. The van der Waals surface area contributed by atoms with Crippen molar-refractivity contribution in [2.45, 2.75) is 13.5 Å². The van der Waals surface area contributed by atoms with E-state index in [-0.39, 0.29) is 12.4 Å². The number of carbonyl (C=O) groups excluding carboxylic acids is 1. The number of ether oxygens (including phenoxy) is 2. The molecule has 2 rings (SSSR count). The molecule has 1 amide bonds. The standard InChI is InChI=1S/C16H15FINO3/c1-2-21-14-8-11(16(19)20)7-13(18)15(14)22-9-10-4-3-5-12(17)6-10/h3-8H,2,9H2,1H3,(H2,19,20). The van der Waals surface area contributed by atoms with Crippen LogP contribution in [0.3, 0.4) is 0 Å². The average molecular weight is 415 g/mol. The average Bonchev–Trinajstić information content (AvgIpc) is 2.46. The van der Waals surface area contributed by atoms with Crippen molar-refractivity contribution < 1.29 is 18.7 Å². The molecule has 0 aliphatic heterocycles. The van der Waals surface area contributed by atoms with Gasteiger partial charge in [-0.05, 0) is 59.3 Å². The monoisotopic (exact) mass is 415 g/mol. The number of carbonyl (C=O) groups is 1. The minimum atomic E-state index is -0.532. The molecule has 0 atom stereocenters. The minimum absolute atomic E-state index is 0.198. The van der Waals surface area contributed by atoms with Crippen molar-refractivity contribution in [2.75, 3.05) is 6.61 Å². The molecule has 0 saturated heterocycles. The molecule has 116 valence electrons. The molecule has 0 aromatic heterocycles. The van der Waals surface area contributed by atoms with Crippen molar-refractivity contribution in [2.24, 2.45) is 5.73 Å². The van der Waals surface area contributed by atoms with Gasteiger partial charge < -0.3 is 15.2 Å².